The van der Waals surface area contributed by atoms with Gasteiger partial charge in [0, 0.05) is 19.3 Å². The van der Waals surface area contributed by atoms with E-state index in [1.165, 1.54) is 11.1 Å². The Morgan fingerprint density at radius 2 is 1.69 bits per heavy atom. The van der Waals surface area contributed by atoms with Gasteiger partial charge in [0.15, 0.2) is 5.96 Å². The van der Waals surface area contributed by atoms with Crippen molar-refractivity contribution in [1.29, 1.82) is 0 Å². The number of aliphatic imine (C=N–C) groups is 1. The Balaban J connectivity index is 1.52. The molecule has 5 heteroatoms. The molecule has 2 aromatic carbocycles. The Morgan fingerprint density at radius 1 is 0.962 bits per heavy atom. The number of rotatable bonds is 7. The first-order valence-corrected chi connectivity index (χ1v) is 9.00. The number of hydrogen-bond acceptors (Lipinski definition) is 2. The minimum Gasteiger partial charge on any atom is -0.357 e. The second-order valence-electron chi connectivity index (χ2n) is 5.99. The van der Waals surface area contributed by atoms with Gasteiger partial charge in [-0.3, -0.25) is 0 Å². The van der Waals surface area contributed by atoms with Gasteiger partial charge in [-0.15, -0.1) is 0 Å². The molecule has 0 unspecified atom stereocenters. The lowest BCUT2D eigenvalue weighted by Crippen LogP contribution is -2.38. The average Bonchev–Trinajstić information content (AvgIpc) is 3.16. The second kappa shape index (κ2) is 9.42. The van der Waals surface area contributed by atoms with E-state index in [-0.39, 0.29) is 0 Å². The van der Waals surface area contributed by atoms with Crippen molar-refractivity contribution in [3.05, 3.63) is 84.2 Å². The molecular formula is C21H25N5. The molecule has 5 nitrogen and oxygen atoms in total. The van der Waals surface area contributed by atoms with Crippen molar-refractivity contribution in [2.24, 2.45) is 4.99 Å². The SMILES string of the molecule is CCNC(=NCc1ccccc1)NCCc1cnn(-c2ccccc2)c1. The summed E-state index contributed by atoms with van der Waals surface area (Å²) >= 11 is 0. The molecule has 134 valence electrons. The van der Waals surface area contributed by atoms with E-state index >= 15 is 0 Å². The summed E-state index contributed by atoms with van der Waals surface area (Å²) in [6.45, 7) is 4.39. The summed E-state index contributed by atoms with van der Waals surface area (Å²) in [7, 11) is 0. The van der Waals surface area contributed by atoms with Crippen molar-refractivity contribution in [3.8, 4) is 5.69 Å². The van der Waals surface area contributed by atoms with Crippen molar-refractivity contribution >= 4 is 5.96 Å². The smallest absolute Gasteiger partial charge is 0.191 e. The van der Waals surface area contributed by atoms with Crippen molar-refractivity contribution in [1.82, 2.24) is 20.4 Å². The van der Waals surface area contributed by atoms with Crippen LogP contribution in [0.25, 0.3) is 5.69 Å². The van der Waals surface area contributed by atoms with E-state index in [2.05, 4.69) is 58.1 Å². The topological polar surface area (TPSA) is 54.2 Å². The Morgan fingerprint density at radius 3 is 2.42 bits per heavy atom. The summed E-state index contributed by atoms with van der Waals surface area (Å²) in [5.41, 5.74) is 3.47. The van der Waals surface area contributed by atoms with Crippen LogP contribution in [0.2, 0.25) is 0 Å². The predicted molar refractivity (Wildman–Crippen MR) is 107 cm³/mol. The number of hydrogen-bond donors (Lipinski definition) is 2. The molecule has 2 N–H and O–H groups in total. The lowest BCUT2D eigenvalue weighted by atomic mass is 10.2. The van der Waals surface area contributed by atoms with Crippen LogP contribution in [0.5, 0.6) is 0 Å². The standard InChI is InChI=1S/C21H25N5/c1-2-22-21(24-15-18-9-5-3-6-10-18)23-14-13-19-16-25-26(17-19)20-11-7-4-8-12-20/h3-12,16-17H,2,13-15H2,1H3,(H2,22,23,24). The van der Waals surface area contributed by atoms with Gasteiger partial charge < -0.3 is 10.6 Å². The molecule has 3 aromatic rings. The van der Waals surface area contributed by atoms with E-state index in [4.69, 9.17) is 0 Å². The van der Waals surface area contributed by atoms with Crippen molar-refractivity contribution < 1.29 is 0 Å². The van der Waals surface area contributed by atoms with Crippen molar-refractivity contribution in [2.75, 3.05) is 13.1 Å². The van der Waals surface area contributed by atoms with Crippen LogP contribution in [0, 0.1) is 0 Å². The van der Waals surface area contributed by atoms with E-state index in [1.807, 2.05) is 47.3 Å². The monoisotopic (exact) mass is 347 g/mol. The Labute approximate surface area is 154 Å². The number of nitrogens with one attached hydrogen (secondary N) is 2. The highest BCUT2D eigenvalue weighted by Crippen LogP contribution is 2.07. The number of guanidine groups is 1. The van der Waals surface area contributed by atoms with Crippen LogP contribution in [-0.2, 0) is 13.0 Å². The predicted octanol–water partition coefficient (Wildman–Crippen LogP) is 3.17. The zero-order chi connectivity index (χ0) is 18.0. The first kappa shape index (κ1) is 17.7. The number of para-hydroxylation sites is 1. The third kappa shape index (κ3) is 5.21. The number of benzene rings is 2. The van der Waals surface area contributed by atoms with E-state index in [1.54, 1.807) is 0 Å². The summed E-state index contributed by atoms with van der Waals surface area (Å²) < 4.78 is 1.91. The molecule has 0 saturated carbocycles. The summed E-state index contributed by atoms with van der Waals surface area (Å²) in [4.78, 5) is 4.64. The van der Waals surface area contributed by atoms with E-state index in [0.29, 0.717) is 6.54 Å². The molecule has 3 rings (SSSR count). The van der Waals surface area contributed by atoms with Gasteiger partial charge in [-0.1, -0.05) is 48.5 Å². The highest BCUT2D eigenvalue weighted by molar-refractivity contribution is 5.79. The first-order valence-electron chi connectivity index (χ1n) is 9.00. The zero-order valence-electron chi connectivity index (χ0n) is 15.1. The lowest BCUT2D eigenvalue weighted by molar-refractivity contribution is 0.799. The van der Waals surface area contributed by atoms with Crippen LogP contribution >= 0.6 is 0 Å². The second-order valence-corrected chi connectivity index (χ2v) is 5.99. The number of aromatic nitrogens is 2. The summed E-state index contributed by atoms with van der Waals surface area (Å²) in [6.07, 6.45) is 4.89. The van der Waals surface area contributed by atoms with Crippen LogP contribution in [0.1, 0.15) is 18.1 Å². The molecule has 0 spiro atoms. The van der Waals surface area contributed by atoms with Crippen LogP contribution in [0.3, 0.4) is 0 Å². The fourth-order valence-electron chi connectivity index (χ4n) is 2.63. The minimum absolute atomic E-state index is 0.669. The van der Waals surface area contributed by atoms with E-state index < -0.39 is 0 Å². The van der Waals surface area contributed by atoms with E-state index in [0.717, 1.165) is 31.2 Å². The van der Waals surface area contributed by atoms with Crippen LogP contribution in [0.4, 0.5) is 0 Å². The average molecular weight is 347 g/mol. The van der Waals surface area contributed by atoms with Crippen LogP contribution in [-0.4, -0.2) is 28.8 Å². The van der Waals surface area contributed by atoms with Crippen LogP contribution < -0.4 is 10.6 Å². The highest BCUT2D eigenvalue weighted by atomic mass is 15.3. The van der Waals surface area contributed by atoms with Crippen LogP contribution in [0.15, 0.2) is 78.0 Å². The lowest BCUT2D eigenvalue weighted by Gasteiger charge is -2.10. The summed E-state index contributed by atoms with van der Waals surface area (Å²) in [5.74, 6) is 0.840. The molecule has 0 aliphatic rings. The Hall–Kier alpha value is -3.08. The van der Waals surface area contributed by atoms with Gasteiger partial charge in [-0.2, -0.15) is 5.10 Å². The fraction of sp³-hybridized carbons (Fsp3) is 0.238. The van der Waals surface area contributed by atoms with E-state index in [9.17, 15) is 0 Å². The molecule has 0 aliphatic heterocycles. The molecule has 0 amide bonds. The maximum absolute atomic E-state index is 4.64. The first-order chi connectivity index (χ1) is 12.8. The minimum atomic E-state index is 0.669. The Bertz CT molecular complexity index is 809. The molecule has 0 atom stereocenters. The van der Waals surface area contributed by atoms with Gasteiger partial charge in [0.1, 0.15) is 0 Å². The number of nitrogens with zero attached hydrogens (tertiary/aromatic N) is 3. The summed E-state index contributed by atoms with van der Waals surface area (Å²) in [5, 5.41) is 11.1. The molecule has 0 saturated heterocycles. The molecule has 0 bridgehead atoms. The van der Waals surface area contributed by atoms with Gasteiger partial charge in [0.2, 0.25) is 0 Å². The largest absolute Gasteiger partial charge is 0.357 e. The van der Waals surface area contributed by atoms with Crippen molar-refractivity contribution in [3.63, 3.8) is 0 Å². The summed E-state index contributed by atoms with van der Waals surface area (Å²) in [6, 6.07) is 20.4. The third-order valence-electron chi connectivity index (χ3n) is 3.97. The van der Waals surface area contributed by atoms with Gasteiger partial charge in [0.25, 0.3) is 0 Å². The maximum Gasteiger partial charge on any atom is 0.191 e. The van der Waals surface area contributed by atoms with Gasteiger partial charge in [-0.05, 0) is 36.6 Å². The van der Waals surface area contributed by atoms with Gasteiger partial charge in [-0.25, -0.2) is 9.67 Å². The molecule has 1 aromatic heterocycles. The molecule has 26 heavy (non-hydrogen) atoms. The van der Waals surface area contributed by atoms with Gasteiger partial charge in [0.05, 0.1) is 18.4 Å². The Kier molecular flexibility index (Phi) is 6.42. The maximum atomic E-state index is 4.64. The normalized spacial score (nSPS) is 11.3. The molecule has 0 fully saturated rings. The third-order valence-corrected chi connectivity index (χ3v) is 3.97. The zero-order valence-corrected chi connectivity index (χ0v) is 15.1. The fourth-order valence-corrected chi connectivity index (χ4v) is 2.63. The molecule has 0 aliphatic carbocycles. The molecule has 1 heterocycles. The van der Waals surface area contributed by atoms with Gasteiger partial charge >= 0.3 is 0 Å². The highest BCUT2D eigenvalue weighted by Gasteiger charge is 2.02. The quantitative estimate of drug-likeness (QED) is 0.510. The van der Waals surface area contributed by atoms with Crippen molar-refractivity contribution in [2.45, 2.75) is 19.9 Å². The molecule has 0 radical (unpaired) electrons. The molecular weight excluding hydrogens is 322 g/mol.